The van der Waals surface area contributed by atoms with Crippen LogP contribution in [0.2, 0.25) is 0 Å². The van der Waals surface area contributed by atoms with Crippen LogP contribution in [0.4, 0.5) is 0 Å². The van der Waals surface area contributed by atoms with Crippen molar-refractivity contribution in [1.29, 1.82) is 0 Å². The number of hydrogen-bond donors (Lipinski definition) is 2. The summed E-state index contributed by atoms with van der Waals surface area (Å²) in [4.78, 5) is 15.3. The van der Waals surface area contributed by atoms with Crippen molar-refractivity contribution in [3.63, 3.8) is 0 Å². The molecular weight excluding hydrogens is 316 g/mol. The predicted molar refractivity (Wildman–Crippen MR) is 77.0 cm³/mol. The van der Waals surface area contributed by atoms with Gasteiger partial charge in [0.1, 0.15) is 10.6 Å². The van der Waals surface area contributed by atoms with E-state index in [1.807, 2.05) is 12.1 Å². The Bertz CT molecular complexity index is 417. The standard InChI is InChI=1S/C12H17BrN2O2S/c1-12(14-2,11(16)17)6-4-8-18-10-9(13)5-3-7-15-10/h3,5,7,14H,4,6,8H2,1-2H3,(H,16,17). The van der Waals surface area contributed by atoms with Gasteiger partial charge in [0.2, 0.25) is 0 Å². The number of carboxylic acids is 1. The maximum Gasteiger partial charge on any atom is 0.323 e. The Morgan fingerprint density at radius 3 is 2.94 bits per heavy atom. The molecule has 0 saturated carbocycles. The van der Waals surface area contributed by atoms with Crippen LogP contribution in [0.25, 0.3) is 0 Å². The molecule has 0 saturated heterocycles. The van der Waals surface area contributed by atoms with E-state index in [1.165, 1.54) is 0 Å². The Morgan fingerprint density at radius 2 is 2.39 bits per heavy atom. The quantitative estimate of drug-likeness (QED) is 0.593. The monoisotopic (exact) mass is 332 g/mol. The van der Waals surface area contributed by atoms with Gasteiger partial charge in [0.15, 0.2) is 0 Å². The van der Waals surface area contributed by atoms with Crippen molar-refractivity contribution in [2.75, 3.05) is 12.8 Å². The molecule has 0 bridgehead atoms. The van der Waals surface area contributed by atoms with Gasteiger partial charge in [-0.3, -0.25) is 4.79 Å². The van der Waals surface area contributed by atoms with Crippen LogP contribution in [0, 0.1) is 0 Å². The van der Waals surface area contributed by atoms with Gasteiger partial charge in [-0.25, -0.2) is 4.98 Å². The fraction of sp³-hybridized carbons (Fsp3) is 0.500. The molecule has 18 heavy (non-hydrogen) atoms. The Morgan fingerprint density at radius 1 is 1.67 bits per heavy atom. The lowest BCUT2D eigenvalue weighted by molar-refractivity contribution is -0.144. The highest BCUT2D eigenvalue weighted by Gasteiger charge is 2.30. The Hall–Kier alpha value is -0.590. The molecule has 4 nitrogen and oxygen atoms in total. The number of hydrogen-bond acceptors (Lipinski definition) is 4. The van der Waals surface area contributed by atoms with Gasteiger partial charge in [0.25, 0.3) is 0 Å². The van der Waals surface area contributed by atoms with E-state index in [-0.39, 0.29) is 0 Å². The Labute approximate surface area is 120 Å². The first kappa shape index (κ1) is 15.5. The van der Waals surface area contributed by atoms with Crippen LogP contribution in [0.3, 0.4) is 0 Å². The highest BCUT2D eigenvalue weighted by Crippen LogP contribution is 2.26. The maximum absolute atomic E-state index is 11.1. The first-order valence-corrected chi connectivity index (χ1v) is 7.43. The number of aromatic nitrogens is 1. The second kappa shape index (κ2) is 7.11. The van der Waals surface area contributed by atoms with E-state index in [9.17, 15) is 4.79 Å². The van der Waals surface area contributed by atoms with E-state index < -0.39 is 11.5 Å². The largest absolute Gasteiger partial charge is 0.480 e. The summed E-state index contributed by atoms with van der Waals surface area (Å²) in [7, 11) is 1.68. The zero-order valence-electron chi connectivity index (χ0n) is 10.4. The van der Waals surface area contributed by atoms with E-state index in [0.717, 1.165) is 21.7 Å². The molecule has 0 spiro atoms. The Balaban J connectivity index is 2.39. The molecule has 1 aromatic heterocycles. The molecule has 0 aliphatic heterocycles. The fourth-order valence-corrected chi connectivity index (χ4v) is 2.83. The van der Waals surface area contributed by atoms with Gasteiger partial charge in [-0.05, 0) is 60.6 Å². The van der Waals surface area contributed by atoms with Gasteiger partial charge >= 0.3 is 5.97 Å². The van der Waals surface area contributed by atoms with E-state index in [1.54, 1.807) is 31.9 Å². The van der Waals surface area contributed by atoms with Crippen LogP contribution >= 0.6 is 27.7 Å². The highest BCUT2D eigenvalue weighted by molar-refractivity contribution is 9.10. The minimum absolute atomic E-state index is 0.594. The second-order valence-electron chi connectivity index (χ2n) is 4.13. The van der Waals surface area contributed by atoms with E-state index in [2.05, 4.69) is 26.2 Å². The van der Waals surface area contributed by atoms with Crippen LogP contribution < -0.4 is 5.32 Å². The molecule has 1 unspecified atom stereocenters. The molecule has 0 radical (unpaired) electrons. The minimum atomic E-state index is -0.845. The van der Waals surface area contributed by atoms with E-state index >= 15 is 0 Å². The summed E-state index contributed by atoms with van der Waals surface area (Å²) < 4.78 is 0.976. The van der Waals surface area contributed by atoms with E-state index in [4.69, 9.17) is 5.11 Å². The third kappa shape index (κ3) is 4.26. The third-order valence-electron chi connectivity index (χ3n) is 2.81. The van der Waals surface area contributed by atoms with Crippen LogP contribution in [0.15, 0.2) is 27.8 Å². The SMILES string of the molecule is CNC(C)(CCCSc1ncccc1Br)C(=O)O. The number of carbonyl (C=O) groups is 1. The fourth-order valence-electron chi connectivity index (χ4n) is 1.41. The van der Waals surface area contributed by atoms with Crippen molar-refractivity contribution in [2.24, 2.45) is 0 Å². The predicted octanol–water partition coefficient (Wildman–Crippen LogP) is 2.78. The van der Waals surface area contributed by atoms with Crippen LogP contribution in [0.1, 0.15) is 19.8 Å². The first-order chi connectivity index (χ1) is 8.49. The molecule has 0 aromatic carbocycles. The van der Waals surface area contributed by atoms with Crippen molar-refractivity contribution in [3.8, 4) is 0 Å². The maximum atomic E-state index is 11.1. The lowest BCUT2D eigenvalue weighted by Gasteiger charge is -2.23. The lowest BCUT2D eigenvalue weighted by Crippen LogP contribution is -2.47. The molecule has 1 heterocycles. The molecule has 100 valence electrons. The number of likely N-dealkylation sites (N-methyl/N-ethyl adjacent to an activating group) is 1. The summed E-state index contributed by atoms with van der Waals surface area (Å²) in [6.07, 6.45) is 3.16. The number of nitrogens with one attached hydrogen (secondary N) is 1. The summed E-state index contributed by atoms with van der Waals surface area (Å²) in [5.41, 5.74) is -0.845. The van der Waals surface area contributed by atoms with E-state index in [0.29, 0.717) is 6.42 Å². The second-order valence-corrected chi connectivity index (χ2v) is 6.07. The number of thioether (sulfide) groups is 1. The van der Waals surface area contributed by atoms with Crippen molar-refractivity contribution in [3.05, 3.63) is 22.8 Å². The Kier molecular flexibility index (Phi) is 6.11. The van der Waals surface area contributed by atoms with Crippen LogP contribution in [-0.2, 0) is 4.79 Å². The van der Waals surface area contributed by atoms with Crippen LogP contribution in [-0.4, -0.2) is 34.4 Å². The number of pyridine rings is 1. The number of rotatable bonds is 7. The molecule has 1 aromatic rings. The number of aliphatic carboxylic acids is 1. The van der Waals surface area contributed by atoms with Crippen molar-refractivity contribution < 1.29 is 9.90 Å². The number of nitrogens with zero attached hydrogens (tertiary/aromatic N) is 1. The molecule has 1 rings (SSSR count). The van der Waals surface area contributed by atoms with Gasteiger partial charge in [-0.2, -0.15) is 0 Å². The average Bonchev–Trinajstić information content (AvgIpc) is 2.36. The smallest absolute Gasteiger partial charge is 0.323 e. The minimum Gasteiger partial charge on any atom is -0.480 e. The normalized spacial score (nSPS) is 14.2. The molecule has 0 aliphatic rings. The van der Waals surface area contributed by atoms with Gasteiger partial charge < -0.3 is 10.4 Å². The molecule has 0 fully saturated rings. The average molecular weight is 333 g/mol. The third-order valence-corrected chi connectivity index (χ3v) is 4.80. The molecular formula is C12H17BrN2O2S. The topological polar surface area (TPSA) is 62.2 Å². The van der Waals surface area contributed by atoms with Crippen molar-refractivity contribution in [1.82, 2.24) is 10.3 Å². The molecule has 6 heteroatoms. The molecule has 0 amide bonds. The van der Waals surface area contributed by atoms with Crippen LogP contribution in [0.5, 0.6) is 0 Å². The van der Waals surface area contributed by atoms with Gasteiger partial charge in [-0.15, -0.1) is 11.8 Å². The summed E-state index contributed by atoms with van der Waals surface area (Å²) in [6.45, 7) is 1.71. The van der Waals surface area contributed by atoms with Gasteiger partial charge in [0.05, 0.1) is 0 Å². The summed E-state index contributed by atoms with van der Waals surface area (Å²) in [5, 5.41) is 12.9. The van der Waals surface area contributed by atoms with Gasteiger partial charge in [-0.1, -0.05) is 0 Å². The zero-order chi connectivity index (χ0) is 13.6. The summed E-state index contributed by atoms with van der Waals surface area (Å²) in [6, 6.07) is 3.82. The molecule has 2 N–H and O–H groups in total. The molecule has 1 atom stereocenters. The lowest BCUT2D eigenvalue weighted by atomic mass is 9.97. The number of halogens is 1. The summed E-state index contributed by atoms with van der Waals surface area (Å²) >= 11 is 5.07. The molecule has 0 aliphatic carbocycles. The summed E-state index contributed by atoms with van der Waals surface area (Å²) in [5.74, 6) is 0.0363. The highest BCUT2D eigenvalue weighted by atomic mass is 79.9. The number of carboxylic acid groups (broad SMARTS) is 1. The first-order valence-electron chi connectivity index (χ1n) is 5.65. The van der Waals surface area contributed by atoms with Crippen molar-refractivity contribution in [2.45, 2.75) is 30.3 Å². The van der Waals surface area contributed by atoms with Gasteiger partial charge in [0, 0.05) is 10.7 Å². The van der Waals surface area contributed by atoms with Crippen molar-refractivity contribution >= 4 is 33.7 Å². The zero-order valence-corrected chi connectivity index (χ0v) is 12.8.